The molecule has 7 nitrogen and oxygen atoms in total. The third-order valence-corrected chi connectivity index (χ3v) is 2.61. The molecule has 0 unspecified atom stereocenters. The van der Waals surface area contributed by atoms with Crippen LogP contribution in [0.2, 0.25) is 0 Å². The Morgan fingerprint density at radius 1 is 1.32 bits per heavy atom. The summed E-state index contributed by atoms with van der Waals surface area (Å²) in [5, 5.41) is 13.7. The van der Waals surface area contributed by atoms with Gasteiger partial charge in [0.05, 0.1) is 12.5 Å². The molecule has 0 heterocycles. The van der Waals surface area contributed by atoms with Crippen molar-refractivity contribution in [2.75, 3.05) is 13.7 Å². The van der Waals surface area contributed by atoms with Crippen molar-refractivity contribution in [3.05, 3.63) is 0 Å². The first-order valence-corrected chi connectivity index (χ1v) is 6.10. The normalized spacial score (nSPS) is 12.4. The van der Waals surface area contributed by atoms with Crippen molar-refractivity contribution in [2.45, 2.75) is 39.7 Å². The van der Waals surface area contributed by atoms with Crippen LogP contribution in [0.4, 0.5) is 4.79 Å². The molecule has 0 rings (SSSR count). The molecule has 7 heteroatoms. The number of nitrogens with one attached hydrogen (secondary N) is 2. The van der Waals surface area contributed by atoms with E-state index in [2.05, 4.69) is 15.4 Å². The van der Waals surface area contributed by atoms with Crippen LogP contribution in [0.15, 0.2) is 0 Å². The number of hydrogen-bond donors (Lipinski definition) is 3. The number of esters is 1. The van der Waals surface area contributed by atoms with Crippen LogP contribution in [0.1, 0.15) is 33.6 Å². The molecule has 0 saturated carbocycles. The van der Waals surface area contributed by atoms with Crippen LogP contribution in [0, 0.1) is 5.41 Å². The molecule has 0 aromatic rings. The minimum Gasteiger partial charge on any atom is -0.480 e. The van der Waals surface area contributed by atoms with E-state index in [-0.39, 0.29) is 6.54 Å². The van der Waals surface area contributed by atoms with Crippen molar-refractivity contribution in [2.24, 2.45) is 5.41 Å². The summed E-state index contributed by atoms with van der Waals surface area (Å²) in [5.74, 6) is -1.53. The van der Waals surface area contributed by atoms with Crippen LogP contribution in [0.25, 0.3) is 0 Å². The van der Waals surface area contributed by atoms with Gasteiger partial charge in [0.1, 0.15) is 6.04 Å². The summed E-state index contributed by atoms with van der Waals surface area (Å²) < 4.78 is 4.60. The van der Waals surface area contributed by atoms with Crippen LogP contribution in [-0.4, -0.2) is 42.8 Å². The minimum atomic E-state index is -1.08. The third kappa shape index (κ3) is 6.08. The standard InChI is InChI=1S/C12H22N2O5/c1-5-6-8(9(15)16)14-11(18)13-7-12(2,3)10(17)19-4/h8H,5-7H2,1-4H3,(H,15,16)(H2,13,14,18)/t8-/m0/s1. The van der Waals surface area contributed by atoms with E-state index in [9.17, 15) is 14.4 Å². The van der Waals surface area contributed by atoms with Gasteiger partial charge in [-0.05, 0) is 20.3 Å². The lowest BCUT2D eigenvalue weighted by Gasteiger charge is -2.22. The highest BCUT2D eigenvalue weighted by Crippen LogP contribution is 2.15. The monoisotopic (exact) mass is 274 g/mol. The zero-order valence-corrected chi connectivity index (χ0v) is 11.8. The fourth-order valence-corrected chi connectivity index (χ4v) is 1.41. The Kier molecular flexibility index (Phi) is 6.89. The third-order valence-electron chi connectivity index (χ3n) is 2.61. The van der Waals surface area contributed by atoms with Crippen LogP contribution in [0.3, 0.4) is 0 Å². The molecule has 19 heavy (non-hydrogen) atoms. The van der Waals surface area contributed by atoms with Gasteiger partial charge in [0.15, 0.2) is 0 Å². The first kappa shape index (κ1) is 17.2. The SMILES string of the molecule is CCC[C@H](NC(=O)NCC(C)(C)C(=O)OC)C(=O)O. The molecule has 0 fully saturated rings. The van der Waals surface area contributed by atoms with Gasteiger partial charge in [-0.25, -0.2) is 9.59 Å². The molecular weight excluding hydrogens is 252 g/mol. The predicted molar refractivity (Wildman–Crippen MR) is 68.7 cm³/mol. The molecule has 1 atom stereocenters. The van der Waals surface area contributed by atoms with Crippen molar-refractivity contribution in [1.29, 1.82) is 0 Å². The zero-order valence-electron chi connectivity index (χ0n) is 11.8. The average molecular weight is 274 g/mol. The molecule has 110 valence electrons. The summed E-state index contributed by atoms with van der Waals surface area (Å²) in [4.78, 5) is 33.8. The number of aliphatic carboxylic acids is 1. The maximum absolute atomic E-state index is 11.6. The van der Waals surface area contributed by atoms with Gasteiger partial charge in [-0.3, -0.25) is 4.79 Å². The van der Waals surface area contributed by atoms with Gasteiger partial charge in [0, 0.05) is 6.54 Å². The number of rotatable bonds is 7. The van der Waals surface area contributed by atoms with Crippen LogP contribution < -0.4 is 10.6 Å². The summed E-state index contributed by atoms with van der Waals surface area (Å²) in [6.07, 6.45) is 0.994. The summed E-state index contributed by atoms with van der Waals surface area (Å²) >= 11 is 0. The lowest BCUT2D eigenvalue weighted by atomic mass is 9.94. The van der Waals surface area contributed by atoms with Gasteiger partial charge in [-0.15, -0.1) is 0 Å². The van der Waals surface area contributed by atoms with E-state index in [0.717, 1.165) is 0 Å². The van der Waals surface area contributed by atoms with Crippen LogP contribution in [-0.2, 0) is 14.3 Å². The summed E-state index contributed by atoms with van der Waals surface area (Å²) in [7, 11) is 1.27. The van der Waals surface area contributed by atoms with Gasteiger partial charge in [0.25, 0.3) is 0 Å². The highest BCUT2D eigenvalue weighted by Gasteiger charge is 2.29. The quantitative estimate of drug-likeness (QED) is 0.594. The second kappa shape index (κ2) is 7.60. The molecule has 0 saturated heterocycles. The lowest BCUT2D eigenvalue weighted by Crippen LogP contribution is -2.49. The summed E-state index contributed by atoms with van der Waals surface area (Å²) in [6, 6.07) is -1.54. The molecular formula is C12H22N2O5. The molecule has 0 aromatic carbocycles. The Hall–Kier alpha value is -1.79. The van der Waals surface area contributed by atoms with E-state index >= 15 is 0 Å². The van der Waals surface area contributed by atoms with Crippen molar-refractivity contribution < 1.29 is 24.2 Å². The molecule has 0 aliphatic carbocycles. The summed E-state index contributed by atoms with van der Waals surface area (Å²) in [6.45, 7) is 5.14. The number of carboxylic acids is 1. The lowest BCUT2D eigenvalue weighted by molar-refractivity contribution is -0.150. The number of amides is 2. The van der Waals surface area contributed by atoms with Crippen molar-refractivity contribution >= 4 is 18.0 Å². The number of carboxylic acid groups (broad SMARTS) is 1. The maximum Gasteiger partial charge on any atom is 0.326 e. The Morgan fingerprint density at radius 2 is 1.89 bits per heavy atom. The smallest absolute Gasteiger partial charge is 0.326 e. The van der Waals surface area contributed by atoms with Gasteiger partial charge >= 0.3 is 18.0 Å². The fourth-order valence-electron chi connectivity index (χ4n) is 1.41. The Labute approximate surface area is 112 Å². The number of methoxy groups -OCH3 is 1. The number of carbonyl (C=O) groups is 3. The van der Waals surface area contributed by atoms with E-state index in [1.807, 2.05) is 6.92 Å². The van der Waals surface area contributed by atoms with E-state index in [1.165, 1.54) is 7.11 Å². The second-order valence-electron chi connectivity index (χ2n) is 4.88. The van der Waals surface area contributed by atoms with E-state index < -0.39 is 29.4 Å². The topological polar surface area (TPSA) is 105 Å². The molecule has 0 bridgehead atoms. The maximum atomic E-state index is 11.6. The number of ether oxygens (including phenoxy) is 1. The molecule has 2 amide bonds. The number of hydrogen-bond acceptors (Lipinski definition) is 4. The molecule has 0 radical (unpaired) electrons. The van der Waals surface area contributed by atoms with E-state index in [0.29, 0.717) is 12.8 Å². The second-order valence-corrected chi connectivity index (χ2v) is 4.88. The van der Waals surface area contributed by atoms with E-state index in [4.69, 9.17) is 5.11 Å². The zero-order chi connectivity index (χ0) is 15.1. The first-order chi connectivity index (χ1) is 8.74. The minimum absolute atomic E-state index is 0.0595. The average Bonchev–Trinajstić information content (AvgIpc) is 2.34. The summed E-state index contributed by atoms with van der Waals surface area (Å²) in [5.41, 5.74) is -0.866. The highest BCUT2D eigenvalue weighted by atomic mass is 16.5. The van der Waals surface area contributed by atoms with Gasteiger partial charge in [-0.2, -0.15) is 0 Å². The van der Waals surface area contributed by atoms with Gasteiger partial charge in [-0.1, -0.05) is 13.3 Å². The number of carbonyl (C=O) groups excluding carboxylic acids is 2. The fraction of sp³-hybridized carbons (Fsp3) is 0.750. The van der Waals surface area contributed by atoms with E-state index in [1.54, 1.807) is 13.8 Å². The molecule has 0 spiro atoms. The molecule has 3 N–H and O–H groups in total. The Morgan fingerprint density at radius 3 is 2.32 bits per heavy atom. The van der Waals surface area contributed by atoms with Gasteiger partial charge < -0.3 is 20.5 Å². The highest BCUT2D eigenvalue weighted by molar-refractivity contribution is 5.83. The molecule has 0 aliphatic heterocycles. The first-order valence-electron chi connectivity index (χ1n) is 6.10. The predicted octanol–water partition coefficient (Wildman–Crippen LogP) is 0.738. The van der Waals surface area contributed by atoms with Crippen molar-refractivity contribution in [3.63, 3.8) is 0 Å². The van der Waals surface area contributed by atoms with Gasteiger partial charge in [0.2, 0.25) is 0 Å². The van der Waals surface area contributed by atoms with Crippen LogP contribution in [0.5, 0.6) is 0 Å². The molecule has 0 aromatic heterocycles. The van der Waals surface area contributed by atoms with Crippen molar-refractivity contribution in [1.82, 2.24) is 10.6 Å². The largest absolute Gasteiger partial charge is 0.480 e. The Balaban J connectivity index is 4.31. The van der Waals surface area contributed by atoms with Crippen molar-refractivity contribution in [3.8, 4) is 0 Å². The number of urea groups is 1. The Bertz CT molecular complexity index is 341. The molecule has 0 aliphatic rings. The van der Waals surface area contributed by atoms with Crippen LogP contribution >= 0.6 is 0 Å².